The van der Waals surface area contributed by atoms with Crippen LogP contribution < -0.4 is 14.8 Å². The third-order valence-corrected chi connectivity index (χ3v) is 5.07. The van der Waals surface area contributed by atoms with Gasteiger partial charge in [-0.15, -0.1) is 11.8 Å². The maximum atomic E-state index is 13.2. The third kappa shape index (κ3) is 4.91. The molecule has 1 heterocycles. The van der Waals surface area contributed by atoms with Crippen molar-refractivity contribution in [2.75, 3.05) is 18.5 Å². The number of alkyl halides is 3. The number of nitrogens with one attached hydrogen (secondary N) is 1. The number of thioether (sulfide) groups is 1. The topological polar surface area (TPSA) is 90.7 Å². The maximum Gasteiger partial charge on any atom is 0.418 e. The number of amides is 1. The van der Waals surface area contributed by atoms with Gasteiger partial charge in [0.25, 0.3) is 5.69 Å². The molecule has 0 aliphatic carbocycles. The molecule has 1 aliphatic rings. The van der Waals surface area contributed by atoms with Gasteiger partial charge in [-0.1, -0.05) is 0 Å². The van der Waals surface area contributed by atoms with Crippen LogP contribution in [-0.4, -0.2) is 29.3 Å². The lowest BCUT2D eigenvalue weighted by Crippen LogP contribution is -2.24. The fourth-order valence-corrected chi connectivity index (χ4v) is 3.47. The fraction of sp³-hybridized carbons (Fsp3) is 0.278. The van der Waals surface area contributed by atoms with Crippen LogP contribution in [0, 0.1) is 10.1 Å². The number of hydrogen-bond acceptors (Lipinski definition) is 6. The van der Waals surface area contributed by atoms with Gasteiger partial charge in [0.2, 0.25) is 5.91 Å². The van der Waals surface area contributed by atoms with Gasteiger partial charge in [-0.25, -0.2) is 0 Å². The van der Waals surface area contributed by atoms with Crippen LogP contribution in [0.1, 0.15) is 12.5 Å². The lowest BCUT2D eigenvalue weighted by molar-refractivity contribution is -0.385. The second-order valence-corrected chi connectivity index (χ2v) is 7.45. The van der Waals surface area contributed by atoms with E-state index < -0.39 is 39.2 Å². The molecule has 0 aromatic heterocycles. The largest absolute Gasteiger partial charge is 0.486 e. The Balaban J connectivity index is 1.75. The predicted molar refractivity (Wildman–Crippen MR) is 99.5 cm³/mol. The highest BCUT2D eigenvalue weighted by Crippen LogP contribution is 2.38. The smallest absolute Gasteiger partial charge is 0.418 e. The standard InChI is InChI=1S/C18H15F3N2O5S/c1-10(29-12-3-5-15-16(9-12)28-7-6-27-15)17(24)22-14-4-2-11(23(25)26)8-13(14)18(19,20)21/h2-5,8-10H,6-7H2,1H3,(H,22,24)/t10-/m0/s1. The molecule has 0 unspecified atom stereocenters. The van der Waals surface area contributed by atoms with Gasteiger partial charge in [0.1, 0.15) is 13.2 Å². The van der Waals surface area contributed by atoms with Crippen LogP contribution in [0.25, 0.3) is 0 Å². The predicted octanol–water partition coefficient (Wildman–Crippen LogP) is 4.50. The summed E-state index contributed by atoms with van der Waals surface area (Å²) in [5, 5.41) is 12.2. The second-order valence-electron chi connectivity index (χ2n) is 6.04. The molecule has 0 fully saturated rings. The molecule has 0 bridgehead atoms. The minimum Gasteiger partial charge on any atom is -0.486 e. The Morgan fingerprint density at radius 2 is 1.86 bits per heavy atom. The van der Waals surface area contributed by atoms with Gasteiger partial charge in [0, 0.05) is 17.0 Å². The second kappa shape index (κ2) is 8.19. The van der Waals surface area contributed by atoms with Gasteiger partial charge < -0.3 is 14.8 Å². The molecule has 1 atom stereocenters. The highest BCUT2D eigenvalue weighted by Gasteiger charge is 2.36. The van der Waals surface area contributed by atoms with Gasteiger partial charge in [0.15, 0.2) is 11.5 Å². The summed E-state index contributed by atoms with van der Waals surface area (Å²) >= 11 is 1.13. The van der Waals surface area contributed by atoms with Gasteiger partial charge in [-0.3, -0.25) is 14.9 Å². The van der Waals surface area contributed by atoms with Crippen molar-refractivity contribution in [2.45, 2.75) is 23.2 Å². The summed E-state index contributed by atoms with van der Waals surface area (Å²) in [6.07, 6.45) is -4.86. The molecular formula is C18H15F3N2O5S. The van der Waals surface area contributed by atoms with Crippen molar-refractivity contribution in [3.63, 3.8) is 0 Å². The molecular weight excluding hydrogens is 413 g/mol. The quantitative estimate of drug-likeness (QED) is 0.428. The van der Waals surface area contributed by atoms with Crippen LogP contribution in [-0.2, 0) is 11.0 Å². The number of nitro groups is 1. The van der Waals surface area contributed by atoms with E-state index in [1.807, 2.05) is 0 Å². The molecule has 154 valence electrons. The summed E-state index contributed by atoms with van der Waals surface area (Å²) in [5.74, 6) is 0.436. The van der Waals surface area contributed by atoms with E-state index in [0.29, 0.717) is 35.7 Å². The summed E-state index contributed by atoms with van der Waals surface area (Å²) < 4.78 is 50.6. The first kappa shape index (κ1) is 20.8. The van der Waals surface area contributed by atoms with Gasteiger partial charge in [0.05, 0.1) is 21.4 Å². The highest BCUT2D eigenvalue weighted by molar-refractivity contribution is 8.00. The average molecular weight is 428 g/mol. The van der Waals surface area contributed by atoms with Crippen molar-refractivity contribution in [1.82, 2.24) is 0 Å². The molecule has 1 amide bonds. The summed E-state index contributed by atoms with van der Waals surface area (Å²) in [4.78, 5) is 22.9. The molecule has 1 aliphatic heterocycles. The number of halogens is 3. The first-order valence-electron chi connectivity index (χ1n) is 8.38. The van der Waals surface area contributed by atoms with Gasteiger partial charge in [-0.05, 0) is 31.2 Å². The fourth-order valence-electron chi connectivity index (χ4n) is 2.58. The van der Waals surface area contributed by atoms with Crippen LogP contribution in [0.5, 0.6) is 11.5 Å². The third-order valence-electron chi connectivity index (χ3n) is 3.97. The minimum atomic E-state index is -4.86. The Hall–Kier alpha value is -2.95. The van der Waals surface area contributed by atoms with Crippen molar-refractivity contribution in [3.8, 4) is 11.5 Å². The minimum absolute atomic E-state index is 0.397. The number of fused-ring (bicyclic) bond motifs is 1. The van der Waals surface area contributed by atoms with E-state index in [1.54, 1.807) is 18.2 Å². The van der Waals surface area contributed by atoms with Crippen LogP contribution in [0.2, 0.25) is 0 Å². The number of nitrogens with zero attached hydrogens (tertiary/aromatic N) is 1. The maximum absolute atomic E-state index is 13.2. The Labute approximate surface area is 167 Å². The van der Waals surface area contributed by atoms with Crippen LogP contribution >= 0.6 is 11.8 Å². The Bertz CT molecular complexity index is 952. The molecule has 0 saturated heterocycles. The van der Waals surface area contributed by atoms with E-state index in [2.05, 4.69) is 5.32 Å². The number of hydrogen-bond donors (Lipinski definition) is 1. The van der Waals surface area contributed by atoms with Crippen LogP contribution in [0.15, 0.2) is 41.3 Å². The van der Waals surface area contributed by atoms with Crippen molar-refractivity contribution < 1.29 is 32.4 Å². The molecule has 29 heavy (non-hydrogen) atoms. The molecule has 1 N–H and O–H groups in total. The SMILES string of the molecule is C[C@H](Sc1ccc2c(c1)OCCO2)C(=O)Nc1ccc([N+](=O)[O-])cc1C(F)(F)F. The summed E-state index contributed by atoms with van der Waals surface area (Å²) in [7, 11) is 0. The Morgan fingerprint density at radius 1 is 1.17 bits per heavy atom. The van der Waals surface area contributed by atoms with E-state index in [4.69, 9.17) is 9.47 Å². The zero-order valence-corrected chi connectivity index (χ0v) is 15.8. The highest BCUT2D eigenvalue weighted by atomic mass is 32.2. The van der Waals surface area contributed by atoms with E-state index in [0.717, 1.165) is 23.9 Å². The van der Waals surface area contributed by atoms with Crippen molar-refractivity contribution in [3.05, 3.63) is 52.1 Å². The first-order chi connectivity index (χ1) is 13.6. The van der Waals surface area contributed by atoms with E-state index in [-0.39, 0.29) is 0 Å². The van der Waals surface area contributed by atoms with Crippen LogP contribution in [0.3, 0.4) is 0 Å². The lowest BCUT2D eigenvalue weighted by Gasteiger charge is -2.20. The zero-order valence-electron chi connectivity index (χ0n) is 15.0. The number of non-ortho nitro benzene ring substituents is 1. The molecule has 7 nitrogen and oxygen atoms in total. The lowest BCUT2D eigenvalue weighted by atomic mass is 10.1. The van der Waals surface area contributed by atoms with Crippen molar-refractivity contribution in [1.29, 1.82) is 0 Å². The monoisotopic (exact) mass is 428 g/mol. The van der Waals surface area contributed by atoms with E-state index in [1.165, 1.54) is 6.92 Å². The molecule has 2 aromatic carbocycles. The van der Waals surface area contributed by atoms with E-state index in [9.17, 15) is 28.1 Å². The number of carbonyl (C=O) groups is 1. The number of rotatable bonds is 5. The van der Waals surface area contributed by atoms with Crippen molar-refractivity contribution in [2.24, 2.45) is 0 Å². The molecule has 0 saturated carbocycles. The molecule has 11 heteroatoms. The Kier molecular flexibility index (Phi) is 5.87. The normalized spacial score (nSPS) is 14.2. The zero-order chi connectivity index (χ0) is 21.2. The molecule has 2 aromatic rings. The van der Waals surface area contributed by atoms with E-state index >= 15 is 0 Å². The first-order valence-corrected chi connectivity index (χ1v) is 9.26. The number of carbonyl (C=O) groups excluding carboxylic acids is 1. The number of nitro benzene ring substituents is 1. The number of benzene rings is 2. The van der Waals surface area contributed by atoms with Crippen LogP contribution in [0.4, 0.5) is 24.5 Å². The summed E-state index contributed by atoms with van der Waals surface area (Å²) in [5.41, 5.74) is -2.53. The number of ether oxygens (including phenoxy) is 2. The summed E-state index contributed by atoms with van der Waals surface area (Å²) in [6.45, 7) is 2.38. The van der Waals surface area contributed by atoms with Gasteiger partial charge >= 0.3 is 6.18 Å². The average Bonchev–Trinajstić information content (AvgIpc) is 2.67. The number of anilines is 1. The van der Waals surface area contributed by atoms with Gasteiger partial charge in [-0.2, -0.15) is 13.2 Å². The van der Waals surface area contributed by atoms with Crippen molar-refractivity contribution >= 4 is 29.0 Å². The molecule has 0 radical (unpaired) electrons. The summed E-state index contributed by atoms with van der Waals surface area (Å²) in [6, 6.07) is 7.28. The molecule has 0 spiro atoms. The Morgan fingerprint density at radius 3 is 2.52 bits per heavy atom. The molecule has 3 rings (SSSR count).